The summed E-state index contributed by atoms with van der Waals surface area (Å²) in [5, 5.41) is 6.31. The molecule has 156 valence electrons. The van der Waals surface area contributed by atoms with Crippen LogP contribution in [-0.2, 0) is 9.84 Å². The molecule has 1 unspecified atom stereocenters. The molecule has 7 nitrogen and oxygen atoms in total. The summed E-state index contributed by atoms with van der Waals surface area (Å²) in [6.07, 6.45) is 5.39. The van der Waals surface area contributed by atoms with E-state index in [0.29, 0.717) is 19.0 Å². The second kappa shape index (κ2) is 12.6. The minimum atomic E-state index is -2.98. The van der Waals surface area contributed by atoms with Gasteiger partial charge in [-0.05, 0) is 45.0 Å². The summed E-state index contributed by atoms with van der Waals surface area (Å²) < 4.78 is 28.9. The second-order valence-corrected chi connectivity index (χ2v) is 8.98. The van der Waals surface area contributed by atoms with Gasteiger partial charge >= 0.3 is 0 Å². The number of aliphatic imine (C=N–C) groups is 1. The van der Waals surface area contributed by atoms with E-state index in [4.69, 9.17) is 4.42 Å². The van der Waals surface area contributed by atoms with Crippen LogP contribution in [0.5, 0.6) is 0 Å². The molecule has 1 aliphatic rings. The van der Waals surface area contributed by atoms with Gasteiger partial charge in [0.05, 0.1) is 24.6 Å². The minimum absolute atomic E-state index is 0. The fourth-order valence-corrected chi connectivity index (χ4v) is 3.79. The Kier molecular flexibility index (Phi) is 11.3. The predicted octanol–water partition coefficient (Wildman–Crippen LogP) is 2.41. The monoisotopic (exact) mass is 512 g/mol. The maximum atomic E-state index is 11.6. The maximum Gasteiger partial charge on any atom is 0.191 e. The van der Waals surface area contributed by atoms with Crippen LogP contribution in [0.2, 0.25) is 0 Å². The second-order valence-electron chi connectivity index (χ2n) is 6.51. The number of hydrogen-bond acceptors (Lipinski definition) is 5. The Morgan fingerprint density at radius 3 is 2.59 bits per heavy atom. The van der Waals surface area contributed by atoms with E-state index in [2.05, 4.69) is 20.5 Å². The van der Waals surface area contributed by atoms with E-state index < -0.39 is 9.84 Å². The summed E-state index contributed by atoms with van der Waals surface area (Å²) in [5.74, 6) is 1.85. The van der Waals surface area contributed by atoms with Gasteiger partial charge in [-0.3, -0.25) is 9.89 Å². The third kappa shape index (κ3) is 8.39. The van der Waals surface area contributed by atoms with Crippen LogP contribution >= 0.6 is 24.0 Å². The Morgan fingerprint density at radius 2 is 2.00 bits per heavy atom. The first kappa shape index (κ1) is 24.2. The number of rotatable bonds is 9. The number of halogens is 1. The van der Waals surface area contributed by atoms with Crippen LogP contribution in [0.3, 0.4) is 0 Å². The van der Waals surface area contributed by atoms with Crippen molar-refractivity contribution < 1.29 is 12.8 Å². The molecular weight excluding hydrogens is 479 g/mol. The molecule has 1 aromatic heterocycles. The number of guanidine groups is 1. The number of furan rings is 1. The Balaban J connectivity index is 0.00000364. The van der Waals surface area contributed by atoms with Gasteiger partial charge in [-0.1, -0.05) is 13.3 Å². The number of nitrogens with zero attached hydrogens (tertiary/aromatic N) is 2. The van der Waals surface area contributed by atoms with Crippen molar-refractivity contribution in [3.63, 3.8) is 0 Å². The molecule has 2 heterocycles. The van der Waals surface area contributed by atoms with E-state index in [9.17, 15) is 8.42 Å². The van der Waals surface area contributed by atoms with E-state index in [1.165, 1.54) is 19.3 Å². The molecule has 9 heteroatoms. The Morgan fingerprint density at radius 1 is 1.26 bits per heavy atom. The van der Waals surface area contributed by atoms with Gasteiger partial charge in [-0.25, -0.2) is 8.42 Å². The highest BCUT2D eigenvalue weighted by Crippen LogP contribution is 2.25. The number of nitrogens with one attached hydrogen (secondary N) is 2. The average Bonchev–Trinajstić information content (AvgIpc) is 3.17. The van der Waals surface area contributed by atoms with Crippen molar-refractivity contribution >= 4 is 39.8 Å². The smallest absolute Gasteiger partial charge is 0.191 e. The summed E-state index contributed by atoms with van der Waals surface area (Å²) in [5.41, 5.74) is 0. The van der Waals surface area contributed by atoms with Crippen LogP contribution < -0.4 is 10.6 Å². The lowest BCUT2D eigenvalue weighted by atomic mass is 10.1. The molecule has 0 bridgehead atoms. The first-order valence-electron chi connectivity index (χ1n) is 9.55. The first-order chi connectivity index (χ1) is 12.6. The third-order valence-corrected chi connectivity index (χ3v) is 6.32. The zero-order valence-corrected chi connectivity index (χ0v) is 19.5. The lowest BCUT2D eigenvalue weighted by molar-refractivity contribution is 0.150. The molecule has 1 saturated heterocycles. The van der Waals surface area contributed by atoms with Crippen LogP contribution in [0.15, 0.2) is 27.8 Å². The zero-order chi connectivity index (χ0) is 18.8. The summed E-state index contributed by atoms with van der Waals surface area (Å²) >= 11 is 0. The van der Waals surface area contributed by atoms with Crippen molar-refractivity contribution in [3.8, 4) is 0 Å². The molecule has 1 aliphatic heterocycles. The molecule has 2 rings (SSSR count). The van der Waals surface area contributed by atoms with Crippen LogP contribution in [0.25, 0.3) is 0 Å². The Bertz CT molecular complexity index is 644. The number of sulfone groups is 1. The molecule has 2 N–H and O–H groups in total. The van der Waals surface area contributed by atoms with E-state index in [0.717, 1.165) is 25.4 Å². The van der Waals surface area contributed by atoms with Crippen LogP contribution in [0.1, 0.15) is 44.9 Å². The summed E-state index contributed by atoms with van der Waals surface area (Å²) in [4.78, 5) is 7.12. The Hall–Kier alpha value is -0.810. The van der Waals surface area contributed by atoms with E-state index >= 15 is 0 Å². The van der Waals surface area contributed by atoms with Crippen molar-refractivity contribution in [2.75, 3.05) is 44.2 Å². The van der Waals surface area contributed by atoms with E-state index in [1.54, 1.807) is 13.2 Å². The lowest BCUT2D eigenvalue weighted by Crippen LogP contribution is -2.41. The average molecular weight is 512 g/mol. The van der Waals surface area contributed by atoms with Crippen molar-refractivity contribution in [2.24, 2.45) is 4.99 Å². The molecule has 0 radical (unpaired) electrons. The molecule has 0 amide bonds. The van der Waals surface area contributed by atoms with Gasteiger partial charge in [0.15, 0.2) is 15.8 Å². The van der Waals surface area contributed by atoms with Crippen LogP contribution in [-0.4, -0.2) is 63.5 Å². The third-order valence-electron chi connectivity index (χ3n) is 4.61. The molecule has 27 heavy (non-hydrogen) atoms. The van der Waals surface area contributed by atoms with Crippen LogP contribution in [0, 0.1) is 0 Å². The zero-order valence-electron chi connectivity index (χ0n) is 16.3. The quantitative estimate of drug-likeness (QED) is 0.300. The standard InChI is InChI=1S/C18H32N4O3S.HI/c1-3-19-18(20-10-14-26(23,24)4-2)21-15-16(17-9-8-13-25-17)22-11-6-5-7-12-22;/h8-9,13,16H,3-7,10-12,14-15H2,1-2H3,(H2,19,20,21);1H. The molecule has 0 saturated carbocycles. The molecule has 1 aromatic rings. The normalized spacial score (nSPS) is 17.2. The summed E-state index contributed by atoms with van der Waals surface area (Å²) in [7, 11) is -2.98. The molecule has 1 atom stereocenters. The topological polar surface area (TPSA) is 86.9 Å². The summed E-state index contributed by atoms with van der Waals surface area (Å²) in [6, 6.07) is 4.03. The highest BCUT2D eigenvalue weighted by Gasteiger charge is 2.24. The molecule has 1 fully saturated rings. The highest BCUT2D eigenvalue weighted by atomic mass is 127. The summed E-state index contributed by atoms with van der Waals surface area (Å²) in [6.45, 7) is 7.43. The van der Waals surface area contributed by atoms with Gasteiger partial charge in [0.25, 0.3) is 0 Å². The van der Waals surface area contributed by atoms with Crippen molar-refractivity contribution in [1.29, 1.82) is 0 Å². The Labute approximate surface area is 180 Å². The van der Waals surface area contributed by atoms with Gasteiger partial charge < -0.3 is 15.1 Å². The fraction of sp³-hybridized carbons (Fsp3) is 0.722. The van der Waals surface area contributed by atoms with E-state index in [1.807, 2.05) is 19.1 Å². The lowest BCUT2D eigenvalue weighted by Gasteiger charge is -2.32. The highest BCUT2D eigenvalue weighted by molar-refractivity contribution is 14.0. The molecule has 0 spiro atoms. The van der Waals surface area contributed by atoms with Gasteiger partial charge in [0, 0.05) is 18.8 Å². The first-order valence-corrected chi connectivity index (χ1v) is 11.4. The fourth-order valence-electron chi connectivity index (χ4n) is 3.09. The minimum Gasteiger partial charge on any atom is -0.468 e. The van der Waals surface area contributed by atoms with Crippen LogP contribution in [0.4, 0.5) is 0 Å². The van der Waals surface area contributed by atoms with E-state index in [-0.39, 0.29) is 41.5 Å². The SMILES string of the molecule is CCNC(=NCC(c1ccco1)N1CCCCC1)NCCS(=O)(=O)CC.I. The van der Waals surface area contributed by atoms with Crippen molar-refractivity contribution in [3.05, 3.63) is 24.2 Å². The molecule has 0 aliphatic carbocycles. The van der Waals surface area contributed by atoms with Gasteiger partial charge in [-0.2, -0.15) is 0 Å². The van der Waals surface area contributed by atoms with Gasteiger partial charge in [0.2, 0.25) is 0 Å². The molecule has 0 aromatic carbocycles. The largest absolute Gasteiger partial charge is 0.468 e. The maximum absolute atomic E-state index is 11.6. The predicted molar refractivity (Wildman–Crippen MR) is 121 cm³/mol. The number of hydrogen-bond donors (Lipinski definition) is 2. The molecular formula is C18H33IN4O3S. The van der Waals surface area contributed by atoms with Gasteiger partial charge in [0.1, 0.15) is 5.76 Å². The van der Waals surface area contributed by atoms with Crippen molar-refractivity contribution in [1.82, 2.24) is 15.5 Å². The van der Waals surface area contributed by atoms with Crippen molar-refractivity contribution in [2.45, 2.75) is 39.2 Å². The number of likely N-dealkylation sites (tertiary alicyclic amines) is 1. The van der Waals surface area contributed by atoms with Gasteiger partial charge in [-0.15, -0.1) is 24.0 Å². The number of piperidine rings is 1.